The fourth-order valence-electron chi connectivity index (χ4n) is 4.05. The van der Waals surface area contributed by atoms with Crippen molar-refractivity contribution in [3.8, 4) is 0 Å². The quantitative estimate of drug-likeness (QED) is 0.606. The third kappa shape index (κ3) is 4.38. The summed E-state index contributed by atoms with van der Waals surface area (Å²) in [7, 11) is 0. The first-order chi connectivity index (χ1) is 14.9. The molecule has 4 rings (SSSR count). The average molecular weight is 418 g/mol. The van der Waals surface area contributed by atoms with Crippen LogP contribution in [0.4, 0.5) is 5.69 Å². The van der Waals surface area contributed by atoms with E-state index < -0.39 is 5.97 Å². The molecule has 0 saturated carbocycles. The molecule has 1 saturated heterocycles. The summed E-state index contributed by atoms with van der Waals surface area (Å²) in [5, 5.41) is 0.729. The highest BCUT2D eigenvalue weighted by Crippen LogP contribution is 2.24. The number of hydrogen-bond donors (Lipinski definition) is 0. The first-order valence-corrected chi connectivity index (χ1v) is 10.6. The van der Waals surface area contributed by atoms with E-state index >= 15 is 0 Å². The van der Waals surface area contributed by atoms with Crippen LogP contribution in [0.15, 0.2) is 48.5 Å². The number of fused-ring (bicyclic) bond motifs is 1. The Bertz CT molecular complexity index is 1130. The van der Waals surface area contributed by atoms with Crippen molar-refractivity contribution in [3.05, 3.63) is 70.9 Å². The molecule has 1 aliphatic rings. The van der Waals surface area contributed by atoms with Crippen molar-refractivity contribution in [2.75, 3.05) is 37.7 Å². The fourth-order valence-corrected chi connectivity index (χ4v) is 4.05. The van der Waals surface area contributed by atoms with Crippen LogP contribution in [0.25, 0.3) is 10.9 Å². The molecule has 0 N–H and O–H groups in total. The van der Waals surface area contributed by atoms with Crippen LogP contribution in [-0.4, -0.2) is 54.5 Å². The number of carbonyl (C=O) groups excluding carboxylic acids is 2. The maximum atomic E-state index is 12.7. The normalized spacial score (nSPS) is 14.0. The van der Waals surface area contributed by atoms with E-state index in [0.29, 0.717) is 18.7 Å². The van der Waals surface area contributed by atoms with Crippen LogP contribution in [0.2, 0.25) is 0 Å². The average Bonchev–Trinajstić information content (AvgIpc) is 2.78. The molecule has 6 nitrogen and oxygen atoms in total. The topological polar surface area (TPSA) is 62.7 Å². The molecule has 1 aromatic heterocycles. The largest absolute Gasteiger partial charge is 0.452 e. The summed E-state index contributed by atoms with van der Waals surface area (Å²) in [4.78, 5) is 33.8. The van der Waals surface area contributed by atoms with Crippen LogP contribution in [0, 0.1) is 20.8 Å². The second kappa shape index (κ2) is 8.76. The predicted octanol–water partition coefficient (Wildman–Crippen LogP) is 3.67. The van der Waals surface area contributed by atoms with E-state index in [1.807, 2.05) is 31.2 Å². The van der Waals surface area contributed by atoms with Crippen LogP contribution in [0.1, 0.15) is 27.2 Å². The Morgan fingerprint density at radius 2 is 1.71 bits per heavy atom. The van der Waals surface area contributed by atoms with Gasteiger partial charge in [0.2, 0.25) is 0 Å². The van der Waals surface area contributed by atoms with Crippen molar-refractivity contribution in [1.82, 2.24) is 9.88 Å². The number of para-hydroxylation sites is 1. The smallest absolute Gasteiger partial charge is 0.339 e. The zero-order chi connectivity index (χ0) is 22.0. The molecule has 1 fully saturated rings. The molecule has 0 unspecified atom stereocenters. The van der Waals surface area contributed by atoms with Gasteiger partial charge in [-0.3, -0.25) is 9.78 Å². The number of hydrogen-bond acceptors (Lipinski definition) is 5. The highest BCUT2D eigenvalue weighted by atomic mass is 16.5. The van der Waals surface area contributed by atoms with Crippen LogP contribution in [0.5, 0.6) is 0 Å². The maximum absolute atomic E-state index is 12.7. The monoisotopic (exact) mass is 417 g/mol. The molecule has 0 spiro atoms. The number of rotatable bonds is 4. The van der Waals surface area contributed by atoms with Gasteiger partial charge in [0.15, 0.2) is 6.61 Å². The number of piperazine rings is 1. The predicted molar refractivity (Wildman–Crippen MR) is 121 cm³/mol. The molecule has 160 valence electrons. The minimum Gasteiger partial charge on any atom is -0.452 e. The van der Waals surface area contributed by atoms with E-state index in [1.165, 1.54) is 16.8 Å². The van der Waals surface area contributed by atoms with Crippen LogP contribution in [-0.2, 0) is 9.53 Å². The number of benzene rings is 2. The van der Waals surface area contributed by atoms with Crippen LogP contribution < -0.4 is 4.90 Å². The van der Waals surface area contributed by atoms with Gasteiger partial charge >= 0.3 is 5.97 Å². The SMILES string of the molecule is Cc1cc(C(=O)OCC(=O)N2CCN(c3cccc(C)c3C)CC2)c2ccccc2n1. The lowest BCUT2D eigenvalue weighted by atomic mass is 10.1. The van der Waals surface area contributed by atoms with E-state index in [4.69, 9.17) is 4.74 Å². The van der Waals surface area contributed by atoms with Gasteiger partial charge in [-0.2, -0.15) is 0 Å². The maximum Gasteiger partial charge on any atom is 0.339 e. The van der Waals surface area contributed by atoms with Gasteiger partial charge in [0.1, 0.15) is 0 Å². The van der Waals surface area contributed by atoms with Crippen LogP contribution in [0.3, 0.4) is 0 Å². The third-order valence-electron chi connectivity index (χ3n) is 5.94. The number of pyridine rings is 1. The second-order valence-corrected chi connectivity index (χ2v) is 7.99. The molecule has 2 aromatic carbocycles. The van der Waals surface area contributed by atoms with Gasteiger partial charge in [0.05, 0.1) is 11.1 Å². The summed E-state index contributed by atoms with van der Waals surface area (Å²) in [6.45, 7) is 8.58. The molecule has 0 atom stereocenters. The number of aryl methyl sites for hydroxylation is 2. The van der Waals surface area contributed by atoms with E-state index in [0.717, 1.165) is 29.7 Å². The number of aromatic nitrogens is 1. The summed E-state index contributed by atoms with van der Waals surface area (Å²) < 4.78 is 5.38. The van der Waals surface area contributed by atoms with E-state index in [1.54, 1.807) is 11.0 Å². The molecule has 0 aliphatic carbocycles. The van der Waals surface area contributed by atoms with Crippen molar-refractivity contribution in [3.63, 3.8) is 0 Å². The Kier molecular flexibility index (Phi) is 5.89. The number of amides is 1. The minimum atomic E-state index is -0.496. The molecule has 0 radical (unpaired) electrons. The van der Waals surface area contributed by atoms with Crippen molar-refractivity contribution < 1.29 is 14.3 Å². The standard InChI is InChI=1S/C25H27N3O3/c1-17-7-6-10-23(19(17)3)27-11-13-28(14-12-27)24(29)16-31-25(30)21-15-18(2)26-22-9-5-4-8-20(21)22/h4-10,15H,11-14,16H2,1-3H3. The van der Waals surface area contributed by atoms with E-state index in [-0.39, 0.29) is 12.5 Å². The molecule has 6 heteroatoms. The number of carbonyl (C=O) groups is 2. The van der Waals surface area contributed by atoms with E-state index in [9.17, 15) is 9.59 Å². The first kappa shape index (κ1) is 20.8. The number of nitrogens with zero attached hydrogens (tertiary/aromatic N) is 3. The molecular formula is C25H27N3O3. The van der Waals surface area contributed by atoms with E-state index in [2.05, 4.69) is 41.9 Å². The Hall–Kier alpha value is -3.41. The van der Waals surface area contributed by atoms with Crippen molar-refractivity contribution in [2.45, 2.75) is 20.8 Å². The highest BCUT2D eigenvalue weighted by molar-refractivity contribution is 6.04. The molecule has 1 aliphatic heterocycles. The summed E-state index contributed by atoms with van der Waals surface area (Å²) in [5.41, 5.74) is 5.68. The fraction of sp³-hybridized carbons (Fsp3) is 0.320. The van der Waals surface area contributed by atoms with Crippen molar-refractivity contribution in [1.29, 1.82) is 0 Å². The highest BCUT2D eigenvalue weighted by Gasteiger charge is 2.24. The first-order valence-electron chi connectivity index (χ1n) is 10.6. The Balaban J connectivity index is 1.36. The lowest BCUT2D eigenvalue weighted by Crippen LogP contribution is -2.50. The molecular weight excluding hydrogens is 390 g/mol. The molecule has 0 bridgehead atoms. The number of ether oxygens (including phenoxy) is 1. The Morgan fingerprint density at radius 3 is 2.48 bits per heavy atom. The molecule has 31 heavy (non-hydrogen) atoms. The van der Waals surface area contributed by atoms with Gasteiger partial charge < -0.3 is 14.5 Å². The number of anilines is 1. The molecule has 2 heterocycles. The van der Waals surface area contributed by atoms with Gasteiger partial charge in [-0.25, -0.2) is 4.79 Å². The Morgan fingerprint density at radius 1 is 0.968 bits per heavy atom. The summed E-state index contributed by atoms with van der Waals surface area (Å²) in [5.74, 6) is -0.659. The van der Waals surface area contributed by atoms with Crippen molar-refractivity contribution >= 4 is 28.5 Å². The summed E-state index contributed by atoms with van der Waals surface area (Å²) >= 11 is 0. The van der Waals surface area contributed by atoms with Gasteiger partial charge in [0.25, 0.3) is 5.91 Å². The summed E-state index contributed by atoms with van der Waals surface area (Å²) in [6, 6.07) is 15.5. The van der Waals surface area contributed by atoms with Gasteiger partial charge in [-0.1, -0.05) is 30.3 Å². The second-order valence-electron chi connectivity index (χ2n) is 7.99. The third-order valence-corrected chi connectivity index (χ3v) is 5.94. The zero-order valence-electron chi connectivity index (χ0n) is 18.2. The zero-order valence-corrected chi connectivity index (χ0v) is 18.2. The van der Waals surface area contributed by atoms with Crippen LogP contribution >= 0.6 is 0 Å². The molecule has 3 aromatic rings. The lowest BCUT2D eigenvalue weighted by Gasteiger charge is -2.37. The van der Waals surface area contributed by atoms with Gasteiger partial charge in [-0.05, 0) is 50.1 Å². The van der Waals surface area contributed by atoms with Gasteiger partial charge in [-0.15, -0.1) is 0 Å². The molecule has 1 amide bonds. The lowest BCUT2D eigenvalue weighted by molar-refractivity contribution is -0.134. The Labute approximate surface area is 182 Å². The summed E-state index contributed by atoms with van der Waals surface area (Å²) in [6.07, 6.45) is 0. The van der Waals surface area contributed by atoms with Gasteiger partial charge in [0, 0.05) is 42.9 Å². The minimum absolute atomic E-state index is 0.163. The number of esters is 1. The van der Waals surface area contributed by atoms with Crippen molar-refractivity contribution in [2.24, 2.45) is 0 Å².